The maximum absolute atomic E-state index is 11.4. The molecule has 1 atom stereocenters. The van der Waals surface area contributed by atoms with E-state index in [4.69, 9.17) is 9.84 Å². The van der Waals surface area contributed by atoms with Crippen molar-refractivity contribution in [2.45, 2.75) is 12.5 Å². The van der Waals surface area contributed by atoms with Crippen LogP contribution in [0.25, 0.3) is 0 Å². The molecule has 1 aromatic heterocycles. The fraction of sp³-hybridized carbons (Fsp3) is 0.200. The Kier molecular flexibility index (Phi) is 3.02. The van der Waals surface area contributed by atoms with Gasteiger partial charge in [0.05, 0.1) is 6.61 Å². The van der Waals surface area contributed by atoms with Gasteiger partial charge in [0.2, 0.25) is 0 Å². The van der Waals surface area contributed by atoms with Crippen LogP contribution < -0.4 is 10.2 Å². The molecule has 0 spiro atoms. The fourth-order valence-corrected chi connectivity index (χ4v) is 2.43. The molecule has 0 radical (unpaired) electrons. The van der Waals surface area contributed by atoms with Gasteiger partial charge >= 0.3 is 5.97 Å². The Balaban J connectivity index is 1.88. The van der Waals surface area contributed by atoms with Gasteiger partial charge < -0.3 is 14.4 Å². The number of hydrogen-bond donors (Lipinski definition) is 1. The van der Waals surface area contributed by atoms with Gasteiger partial charge in [0.1, 0.15) is 11.3 Å². The van der Waals surface area contributed by atoms with Crippen LogP contribution in [0.5, 0.6) is 5.75 Å². The highest BCUT2D eigenvalue weighted by Crippen LogP contribution is 2.34. The number of hydrogen-bond acceptors (Lipinski definition) is 3. The number of aromatic carboxylic acids is 1. The average molecular weight is 271 g/mol. The van der Waals surface area contributed by atoms with E-state index in [0.717, 1.165) is 11.3 Å². The van der Waals surface area contributed by atoms with Crippen molar-refractivity contribution in [3.05, 3.63) is 64.1 Å². The fourth-order valence-electron chi connectivity index (χ4n) is 2.43. The van der Waals surface area contributed by atoms with Gasteiger partial charge in [0, 0.05) is 36.5 Å². The number of carbonyl (C=O) groups is 1. The lowest BCUT2D eigenvalue weighted by molar-refractivity contribution is 0.0694. The van der Waals surface area contributed by atoms with E-state index in [2.05, 4.69) is 0 Å². The van der Waals surface area contributed by atoms with Crippen LogP contribution in [0.15, 0.2) is 47.5 Å². The van der Waals surface area contributed by atoms with Crippen molar-refractivity contribution in [1.82, 2.24) is 4.57 Å². The zero-order valence-electron chi connectivity index (χ0n) is 10.7. The minimum absolute atomic E-state index is 0.162. The van der Waals surface area contributed by atoms with Gasteiger partial charge in [0.25, 0.3) is 0 Å². The maximum atomic E-state index is 11.4. The highest BCUT2D eigenvalue weighted by atomic mass is 16.5. The first kappa shape index (κ1) is 12.5. The molecule has 5 heteroatoms. The second-order valence-electron chi connectivity index (χ2n) is 4.77. The van der Waals surface area contributed by atoms with Crippen LogP contribution >= 0.6 is 0 Å². The number of rotatable bonds is 3. The monoisotopic (exact) mass is 271 g/mol. The number of pyridine rings is 1. The van der Waals surface area contributed by atoms with Gasteiger partial charge in [-0.25, -0.2) is 4.79 Å². The number of nitrogens with zero attached hydrogens (tertiary/aromatic N) is 1. The lowest BCUT2D eigenvalue weighted by Gasteiger charge is -2.12. The van der Waals surface area contributed by atoms with E-state index in [1.54, 1.807) is 10.8 Å². The molecule has 0 bridgehead atoms. The molecule has 102 valence electrons. The summed E-state index contributed by atoms with van der Waals surface area (Å²) < 4.78 is 7.32. The number of aromatic nitrogens is 1. The van der Waals surface area contributed by atoms with Crippen molar-refractivity contribution < 1.29 is 14.6 Å². The van der Waals surface area contributed by atoms with Crippen molar-refractivity contribution >= 4 is 5.97 Å². The molecule has 5 nitrogen and oxygen atoms in total. The summed E-state index contributed by atoms with van der Waals surface area (Å²) in [5.74, 6) is -0.167. The minimum Gasteiger partial charge on any atom is -0.493 e. The van der Waals surface area contributed by atoms with Crippen molar-refractivity contribution in [1.29, 1.82) is 0 Å². The number of carboxylic acids is 1. The molecule has 2 heterocycles. The van der Waals surface area contributed by atoms with Crippen LogP contribution in [-0.2, 0) is 6.54 Å². The average Bonchev–Trinajstić information content (AvgIpc) is 2.84. The lowest BCUT2D eigenvalue weighted by Crippen LogP contribution is -2.18. The molecule has 0 saturated heterocycles. The van der Waals surface area contributed by atoms with Gasteiger partial charge in [-0.3, -0.25) is 4.79 Å². The first-order valence-corrected chi connectivity index (χ1v) is 6.30. The molecule has 1 aliphatic heterocycles. The minimum atomic E-state index is -1.20. The lowest BCUT2D eigenvalue weighted by atomic mass is 10.0. The molecular formula is C15H13NO4. The Morgan fingerprint density at radius 2 is 2.15 bits per heavy atom. The molecular weight excluding hydrogens is 258 g/mol. The highest BCUT2D eigenvalue weighted by Gasteiger charge is 2.23. The van der Waals surface area contributed by atoms with Crippen LogP contribution in [0.1, 0.15) is 21.8 Å². The van der Waals surface area contributed by atoms with Crippen LogP contribution in [-0.4, -0.2) is 22.2 Å². The zero-order valence-corrected chi connectivity index (χ0v) is 10.7. The SMILES string of the molecule is O=C(O)c1cn(CC2COc3ccccc32)ccc1=O. The van der Waals surface area contributed by atoms with Crippen molar-refractivity contribution in [2.75, 3.05) is 6.61 Å². The summed E-state index contributed by atoms with van der Waals surface area (Å²) in [4.78, 5) is 22.4. The zero-order chi connectivity index (χ0) is 14.1. The number of carboxylic acid groups (broad SMARTS) is 1. The number of fused-ring (bicyclic) bond motifs is 1. The molecule has 0 aliphatic carbocycles. The first-order valence-electron chi connectivity index (χ1n) is 6.30. The largest absolute Gasteiger partial charge is 0.493 e. The molecule has 1 aliphatic rings. The second-order valence-corrected chi connectivity index (χ2v) is 4.77. The summed E-state index contributed by atoms with van der Waals surface area (Å²) in [5.41, 5.74) is 0.430. The van der Waals surface area contributed by atoms with E-state index in [1.165, 1.54) is 12.3 Å². The molecule has 3 rings (SSSR count). The predicted octanol–water partition coefficient (Wildman–Crippen LogP) is 1.72. The second kappa shape index (κ2) is 4.85. The van der Waals surface area contributed by atoms with Gasteiger partial charge in [-0.05, 0) is 6.07 Å². The molecule has 1 N–H and O–H groups in total. The van der Waals surface area contributed by atoms with Crippen molar-refractivity contribution in [3.63, 3.8) is 0 Å². The summed E-state index contributed by atoms with van der Waals surface area (Å²) in [7, 11) is 0. The Morgan fingerprint density at radius 1 is 1.35 bits per heavy atom. The number of benzene rings is 1. The Bertz CT molecular complexity index is 720. The Labute approximate surface area is 115 Å². The third kappa shape index (κ3) is 2.18. The molecule has 2 aromatic rings. The van der Waals surface area contributed by atoms with Crippen LogP contribution in [0.4, 0.5) is 0 Å². The number of para-hydroxylation sites is 1. The smallest absolute Gasteiger partial charge is 0.341 e. The van der Waals surface area contributed by atoms with E-state index >= 15 is 0 Å². The Hall–Kier alpha value is -2.56. The van der Waals surface area contributed by atoms with Gasteiger partial charge in [-0.1, -0.05) is 18.2 Å². The van der Waals surface area contributed by atoms with Crippen LogP contribution in [0.3, 0.4) is 0 Å². The van der Waals surface area contributed by atoms with E-state index in [9.17, 15) is 9.59 Å². The third-order valence-electron chi connectivity index (χ3n) is 3.44. The molecule has 20 heavy (non-hydrogen) atoms. The third-order valence-corrected chi connectivity index (χ3v) is 3.44. The van der Waals surface area contributed by atoms with Crippen LogP contribution in [0, 0.1) is 0 Å². The van der Waals surface area contributed by atoms with Crippen molar-refractivity contribution in [2.24, 2.45) is 0 Å². The standard InChI is InChI=1S/C15H13NO4/c17-13-5-6-16(8-12(13)15(18)19)7-10-9-20-14-4-2-1-3-11(10)14/h1-6,8,10H,7,9H2,(H,18,19). The van der Waals surface area contributed by atoms with E-state index in [1.807, 2.05) is 24.3 Å². The predicted molar refractivity (Wildman–Crippen MR) is 72.3 cm³/mol. The molecule has 1 aromatic carbocycles. The van der Waals surface area contributed by atoms with Gasteiger partial charge in [0.15, 0.2) is 5.43 Å². The molecule has 0 fully saturated rings. The normalized spacial score (nSPS) is 16.5. The summed E-state index contributed by atoms with van der Waals surface area (Å²) in [6.45, 7) is 1.14. The summed E-state index contributed by atoms with van der Waals surface area (Å²) in [6, 6.07) is 9.08. The molecule has 1 unspecified atom stereocenters. The summed E-state index contributed by atoms with van der Waals surface area (Å²) >= 11 is 0. The van der Waals surface area contributed by atoms with Crippen LogP contribution in [0.2, 0.25) is 0 Å². The Morgan fingerprint density at radius 3 is 2.95 bits per heavy atom. The summed E-state index contributed by atoms with van der Waals surface area (Å²) in [6.07, 6.45) is 2.99. The summed E-state index contributed by atoms with van der Waals surface area (Å²) in [5, 5.41) is 8.97. The van der Waals surface area contributed by atoms with E-state index < -0.39 is 11.4 Å². The van der Waals surface area contributed by atoms with Gasteiger partial charge in [-0.15, -0.1) is 0 Å². The topological polar surface area (TPSA) is 68.5 Å². The van der Waals surface area contributed by atoms with Gasteiger partial charge in [-0.2, -0.15) is 0 Å². The maximum Gasteiger partial charge on any atom is 0.341 e. The van der Waals surface area contributed by atoms with E-state index in [0.29, 0.717) is 13.2 Å². The molecule has 0 amide bonds. The first-order chi connectivity index (χ1) is 9.65. The van der Waals surface area contributed by atoms with Crippen molar-refractivity contribution in [3.8, 4) is 5.75 Å². The van der Waals surface area contributed by atoms with E-state index in [-0.39, 0.29) is 11.5 Å². The molecule has 0 saturated carbocycles. The number of ether oxygens (including phenoxy) is 1. The quantitative estimate of drug-likeness (QED) is 0.923. The highest BCUT2D eigenvalue weighted by molar-refractivity contribution is 5.86.